The summed E-state index contributed by atoms with van der Waals surface area (Å²) in [6.45, 7) is 0. The SMILES string of the molecule is NC(C(=O)O)C(O)c1cnc2ccnn2c1. The lowest BCUT2D eigenvalue weighted by molar-refractivity contribution is -0.141. The molecule has 2 atom stereocenters. The molecule has 0 radical (unpaired) electrons. The first-order valence-electron chi connectivity index (χ1n) is 4.55. The van der Waals surface area contributed by atoms with Crippen LogP contribution in [-0.4, -0.2) is 36.8 Å². The molecule has 0 aliphatic heterocycles. The molecule has 0 amide bonds. The minimum Gasteiger partial charge on any atom is -0.480 e. The van der Waals surface area contributed by atoms with Gasteiger partial charge in [-0.2, -0.15) is 5.10 Å². The third-order valence-electron chi connectivity index (χ3n) is 2.23. The number of carboxylic acids is 1. The molecule has 2 unspecified atom stereocenters. The van der Waals surface area contributed by atoms with Gasteiger partial charge in [0.1, 0.15) is 12.1 Å². The summed E-state index contributed by atoms with van der Waals surface area (Å²) in [4.78, 5) is 14.6. The summed E-state index contributed by atoms with van der Waals surface area (Å²) in [5.74, 6) is -1.27. The highest BCUT2D eigenvalue weighted by Crippen LogP contribution is 2.15. The van der Waals surface area contributed by atoms with Crippen molar-refractivity contribution in [2.45, 2.75) is 12.1 Å². The fourth-order valence-electron chi connectivity index (χ4n) is 1.32. The number of fused-ring (bicyclic) bond motifs is 1. The molecule has 7 heteroatoms. The Morgan fingerprint density at radius 3 is 3.00 bits per heavy atom. The van der Waals surface area contributed by atoms with Crippen LogP contribution in [-0.2, 0) is 4.79 Å². The van der Waals surface area contributed by atoms with Crippen molar-refractivity contribution in [3.63, 3.8) is 0 Å². The number of aliphatic hydroxyl groups is 1. The van der Waals surface area contributed by atoms with E-state index in [1.54, 1.807) is 12.3 Å². The van der Waals surface area contributed by atoms with Gasteiger partial charge in [0.05, 0.1) is 6.20 Å². The van der Waals surface area contributed by atoms with Gasteiger partial charge >= 0.3 is 5.97 Å². The fraction of sp³-hybridized carbons (Fsp3) is 0.222. The van der Waals surface area contributed by atoms with Gasteiger partial charge in [-0.1, -0.05) is 0 Å². The quantitative estimate of drug-likeness (QED) is 0.624. The number of hydrogen-bond donors (Lipinski definition) is 3. The summed E-state index contributed by atoms with van der Waals surface area (Å²) >= 11 is 0. The lowest BCUT2D eigenvalue weighted by atomic mass is 10.1. The summed E-state index contributed by atoms with van der Waals surface area (Å²) < 4.78 is 1.44. The van der Waals surface area contributed by atoms with E-state index in [0.717, 1.165) is 0 Å². The van der Waals surface area contributed by atoms with Crippen molar-refractivity contribution in [1.82, 2.24) is 14.6 Å². The summed E-state index contributed by atoms with van der Waals surface area (Å²) in [7, 11) is 0. The molecule has 0 bridgehead atoms. The number of nitrogens with two attached hydrogens (primary N) is 1. The molecule has 0 aromatic carbocycles. The van der Waals surface area contributed by atoms with Crippen molar-refractivity contribution >= 4 is 11.6 Å². The first-order chi connectivity index (χ1) is 7.59. The number of carboxylic acid groups (broad SMARTS) is 1. The average Bonchev–Trinajstić information content (AvgIpc) is 2.73. The van der Waals surface area contributed by atoms with Crippen LogP contribution in [0.15, 0.2) is 24.7 Å². The van der Waals surface area contributed by atoms with Gasteiger partial charge < -0.3 is 15.9 Å². The van der Waals surface area contributed by atoms with E-state index in [-0.39, 0.29) is 0 Å². The number of carbonyl (C=O) groups is 1. The molecule has 4 N–H and O–H groups in total. The zero-order valence-electron chi connectivity index (χ0n) is 8.19. The van der Waals surface area contributed by atoms with Crippen LogP contribution >= 0.6 is 0 Å². The van der Waals surface area contributed by atoms with Crippen molar-refractivity contribution in [3.05, 3.63) is 30.2 Å². The van der Waals surface area contributed by atoms with Gasteiger partial charge in [0, 0.05) is 24.0 Å². The highest BCUT2D eigenvalue weighted by molar-refractivity contribution is 5.74. The van der Waals surface area contributed by atoms with E-state index in [0.29, 0.717) is 11.2 Å². The predicted molar refractivity (Wildman–Crippen MR) is 53.6 cm³/mol. The van der Waals surface area contributed by atoms with Crippen molar-refractivity contribution < 1.29 is 15.0 Å². The van der Waals surface area contributed by atoms with Crippen LogP contribution in [0.3, 0.4) is 0 Å². The molecular formula is C9H10N4O3. The summed E-state index contributed by atoms with van der Waals surface area (Å²) in [6.07, 6.45) is 3.12. The molecule has 16 heavy (non-hydrogen) atoms. The van der Waals surface area contributed by atoms with Crippen LogP contribution < -0.4 is 5.73 Å². The van der Waals surface area contributed by atoms with Gasteiger partial charge in [-0.15, -0.1) is 0 Å². The van der Waals surface area contributed by atoms with Crippen LogP contribution in [0.4, 0.5) is 0 Å². The molecule has 2 heterocycles. The Labute approximate surface area is 90.1 Å². The van der Waals surface area contributed by atoms with Gasteiger partial charge in [0.15, 0.2) is 5.65 Å². The number of nitrogens with zero attached hydrogens (tertiary/aromatic N) is 3. The Kier molecular flexibility index (Phi) is 2.55. The molecule has 0 saturated heterocycles. The number of aromatic nitrogens is 3. The van der Waals surface area contributed by atoms with E-state index < -0.39 is 18.1 Å². The Morgan fingerprint density at radius 1 is 1.56 bits per heavy atom. The standard InChI is InChI=1S/C9H10N4O3/c10-7(9(15)16)8(14)5-3-11-6-1-2-12-13(6)4-5/h1-4,7-8,14H,10H2,(H,15,16). The smallest absolute Gasteiger partial charge is 0.323 e. The normalized spacial score (nSPS) is 14.9. The van der Waals surface area contributed by atoms with Crippen molar-refractivity contribution in [2.75, 3.05) is 0 Å². The molecule has 2 aromatic rings. The third kappa shape index (κ3) is 1.73. The highest BCUT2D eigenvalue weighted by atomic mass is 16.4. The van der Waals surface area contributed by atoms with E-state index in [1.807, 2.05) is 0 Å². The Hall–Kier alpha value is -1.99. The maximum atomic E-state index is 10.6. The molecule has 0 aliphatic rings. The Morgan fingerprint density at radius 2 is 2.31 bits per heavy atom. The topological polar surface area (TPSA) is 114 Å². The second kappa shape index (κ2) is 3.87. The summed E-state index contributed by atoms with van der Waals surface area (Å²) in [5, 5.41) is 22.2. The number of aliphatic hydroxyl groups excluding tert-OH is 1. The van der Waals surface area contributed by atoms with Gasteiger partial charge in [0.25, 0.3) is 0 Å². The maximum Gasteiger partial charge on any atom is 0.323 e. The molecule has 0 spiro atoms. The molecule has 84 valence electrons. The number of aliphatic carboxylic acids is 1. The van der Waals surface area contributed by atoms with Crippen LogP contribution in [0.1, 0.15) is 11.7 Å². The molecule has 2 rings (SSSR count). The fourth-order valence-corrected chi connectivity index (χ4v) is 1.32. The van der Waals surface area contributed by atoms with Gasteiger partial charge in [-0.05, 0) is 0 Å². The zero-order chi connectivity index (χ0) is 11.7. The van der Waals surface area contributed by atoms with Crippen molar-refractivity contribution in [1.29, 1.82) is 0 Å². The largest absolute Gasteiger partial charge is 0.480 e. The number of rotatable bonds is 3. The Bertz CT molecular complexity index is 524. The molecule has 0 aliphatic carbocycles. The molecule has 7 nitrogen and oxygen atoms in total. The minimum atomic E-state index is -1.38. The molecular weight excluding hydrogens is 212 g/mol. The van der Waals surface area contributed by atoms with Crippen LogP contribution in [0.25, 0.3) is 5.65 Å². The average molecular weight is 222 g/mol. The molecule has 0 fully saturated rings. The van der Waals surface area contributed by atoms with E-state index in [1.165, 1.54) is 16.9 Å². The molecule has 2 aromatic heterocycles. The van der Waals surface area contributed by atoms with Crippen molar-refractivity contribution in [3.8, 4) is 0 Å². The highest BCUT2D eigenvalue weighted by Gasteiger charge is 2.24. The Balaban J connectivity index is 2.35. The monoisotopic (exact) mass is 222 g/mol. The van der Waals surface area contributed by atoms with E-state index >= 15 is 0 Å². The van der Waals surface area contributed by atoms with E-state index in [2.05, 4.69) is 10.1 Å². The lowest BCUT2D eigenvalue weighted by Gasteiger charge is -2.14. The van der Waals surface area contributed by atoms with Gasteiger partial charge in [0.2, 0.25) is 0 Å². The molecule has 0 saturated carbocycles. The summed E-state index contributed by atoms with van der Waals surface area (Å²) in [5.41, 5.74) is 6.23. The first kappa shape index (κ1) is 10.5. The van der Waals surface area contributed by atoms with Crippen molar-refractivity contribution in [2.24, 2.45) is 5.73 Å². The van der Waals surface area contributed by atoms with Crippen LogP contribution in [0.5, 0.6) is 0 Å². The lowest BCUT2D eigenvalue weighted by Crippen LogP contribution is -2.36. The van der Waals surface area contributed by atoms with Gasteiger partial charge in [-0.25, -0.2) is 9.50 Å². The first-order valence-corrected chi connectivity index (χ1v) is 4.55. The van der Waals surface area contributed by atoms with E-state index in [4.69, 9.17) is 10.8 Å². The third-order valence-corrected chi connectivity index (χ3v) is 2.23. The summed E-state index contributed by atoms with van der Waals surface area (Å²) in [6, 6.07) is 0.308. The second-order valence-electron chi connectivity index (χ2n) is 3.33. The van der Waals surface area contributed by atoms with E-state index in [9.17, 15) is 9.90 Å². The minimum absolute atomic E-state index is 0.311. The number of hydrogen-bond acceptors (Lipinski definition) is 5. The maximum absolute atomic E-state index is 10.6. The van der Waals surface area contributed by atoms with Gasteiger partial charge in [-0.3, -0.25) is 4.79 Å². The van der Waals surface area contributed by atoms with Crippen LogP contribution in [0, 0.1) is 0 Å². The second-order valence-corrected chi connectivity index (χ2v) is 3.33. The predicted octanol–water partition coefficient (Wildman–Crippen LogP) is -0.825. The zero-order valence-corrected chi connectivity index (χ0v) is 8.19. The van der Waals surface area contributed by atoms with Crippen LogP contribution in [0.2, 0.25) is 0 Å².